The molecule has 6 heteroatoms. The maximum Gasteiger partial charge on any atom is 0.331 e. The highest BCUT2D eigenvalue weighted by Crippen LogP contribution is 2.25. The molecule has 174 valence electrons. The lowest BCUT2D eigenvalue weighted by molar-refractivity contribution is -0.122. The molecule has 1 N–H and O–H groups in total. The van der Waals surface area contributed by atoms with E-state index in [2.05, 4.69) is 31.3 Å². The molecule has 2 unspecified atom stereocenters. The van der Waals surface area contributed by atoms with Gasteiger partial charge in [-0.2, -0.15) is 0 Å². The van der Waals surface area contributed by atoms with Gasteiger partial charge in [0, 0.05) is 12.3 Å². The van der Waals surface area contributed by atoms with Crippen molar-refractivity contribution in [3.05, 3.63) is 104 Å². The maximum absolute atomic E-state index is 12.9. The van der Waals surface area contributed by atoms with E-state index < -0.39 is 11.2 Å². The second-order valence-corrected chi connectivity index (χ2v) is 8.90. The standard InChI is InChI=1S/C27H33N3O3/c1-5-20(4)22-11-13-23(14-12-22)26(19(2)3)28-24(31)18-30-25(32)15-16-29(27(30)33)17-21-9-7-6-8-10-21/h6-16,19-20,26H,5,17-18H2,1-4H3,(H,28,31). The molecular formula is C27H33N3O3. The van der Waals surface area contributed by atoms with Crippen molar-refractivity contribution in [2.75, 3.05) is 0 Å². The smallest absolute Gasteiger partial charge is 0.331 e. The molecule has 3 rings (SSSR count). The molecule has 0 aliphatic rings. The quantitative estimate of drug-likeness (QED) is 0.537. The molecule has 0 aliphatic carbocycles. The van der Waals surface area contributed by atoms with Gasteiger partial charge in [-0.05, 0) is 34.9 Å². The zero-order valence-electron chi connectivity index (χ0n) is 19.8. The Bertz CT molecular complexity index is 1180. The molecule has 0 saturated carbocycles. The Morgan fingerprint density at radius 2 is 1.55 bits per heavy atom. The first-order chi connectivity index (χ1) is 15.8. The number of rotatable bonds is 9. The molecule has 0 aliphatic heterocycles. The van der Waals surface area contributed by atoms with Crippen LogP contribution in [0.4, 0.5) is 0 Å². The van der Waals surface area contributed by atoms with Crippen molar-refractivity contribution in [1.29, 1.82) is 0 Å². The number of carbonyl (C=O) groups excluding carboxylic acids is 1. The summed E-state index contributed by atoms with van der Waals surface area (Å²) in [5, 5.41) is 3.02. The molecule has 1 amide bonds. The van der Waals surface area contributed by atoms with Crippen molar-refractivity contribution >= 4 is 5.91 Å². The van der Waals surface area contributed by atoms with Gasteiger partial charge in [0.05, 0.1) is 12.6 Å². The second-order valence-electron chi connectivity index (χ2n) is 8.90. The molecule has 0 saturated heterocycles. The summed E-state index contributed by atoms with van der Waals surface area (Å²) in [6, 6.07) is 18.9. The van der Waals surface area contributed by atoms with Gasteiger partial charge in [-0.1, -0.05) is 82.3 Å². The lowest BCUT2D eigenvalue weighted by Gasteiger charge is -2.24. The number of aromatic nitrogens is 2. The summed E-state index contributed by atoms with van der Waals surface area (Å²) in [7, 11) is 0. The predicted octanol–water partition coefficient (Wildman–Crippen LogP) is 4.09. The zero-order chi connectivity index (χ0) is 24.0. The first-order valence-corrected chi connectivity index (χ1v) is 11.5. The Morgan fingerprint density at radius 1 is 0.909 bits per heavy atom. The lowest BCUT2D eigenvalue weighted by Crippen LogP contribution is -2.44. The summed E-state index contributed by atoms with van der Waals surface area (Å²) in [6.45, 7) is 8.44. The van der Waals surface area contributed by atoms with Gasteiger partial charge in [0.1, 0.15) is 6.54 Å². The molecule has 3 aromatic rings. The summed E-state index contributed by atoms with van der Waals surface area (Å²) in [5.41, 5.74) is 2.23. The summed E-state index contributed by atoms with van der Waals surface area (Å²) < 4.78 is 2.43. The van der Waals surface area contributed by atoms with Gasteiger partial charge in [0.2, 0.25) is 5.91 Å². The van der Waals surface area contributed by atoms with E-state index in [4.69, 9.17) is 0 Å². The van der Waals surface area contributed by atoms with Crippen molar-refractivity contribution < 1.29 is 4.79 Å². The van der Waals surface area contributed by atoms with Crippen LogP contribution in [0.25, 0.3) is 0 Å². The molecule has 33 heavy (non-hydrogen) atoms. The molecule has 0 radical (unpaired) electrons. The van der Waals surface area contributed by atoms with Crippen LogP contribution in [0, 0.1) is 5.92 Å². The Kier molecular flexibility index (Phi) is 8.04. The largest absolute Gasteiger partial charge is 0.347 e. The monoisotopic (exact) mass is 447 g/mol. The normalized spacial score (nSPS) is 13.0. The fourth-order valence-electron chi connectivity index (χ4n) is 3.87. The first kappa shape index (κ1) is 24.2. The highest BCUT2D eigenvalue weighted by molar-refractivity contribution is 5.76. The number of carbonyl (C=O) groups is 1. The zero-order valence-corrected chi connectivity index (χ0v) is 19.8. The van der Waals surface area contributed by atoms with E-state index in [9.17, 15) is 14.4 Å². The number of amides is 1. The average Bonchev–Trinajstić information content (AvgIpc) is 2.82. The lowest BCUT2D eigenvalue weighted by atomic mass is 9.92. The minimum Gasteiger partial charge on any atom is -0.347 e. The third-order valence-electron chi connectivity index (χ3n) is 6.10. The van der Waals surface area contributed by atoms with Crippen LogP contribution in [0.15, 0.2) is 76.4 Å². The molecule has 0 spiro atoms. The molecule has 6 nitrogen and oxygen atoms in total. The molecule has 0 bridgehead atoms. The van der Waals surface area contributed by atoms with E-state index in [1.54, 1.807) is 0 Å². The SMILES string of the molecule is CCC(C)c1ccc(C(NC(=O)Cn2c(=O)ccn(Cc3ccccc3)c2=O)C(C)C)cc1. The third kappa shape index (κ3) is 6.09. The van der Waals surface area contributed by atoms with Crippen LogP contribution in [0.2, 0.25) is 0 Å². The van der Waals surface area contributed by atoms with Gasteiger partial charge in [0.25, 0.3) is 5.56 Å². The molecule has 0 fully saturated rings. The van der Waals surface area contributed by atoms with Crippen LogP contribution in [0.5, 0.6) is 0 Å². The number of hydrogen-bond acceptors (Lipinski definition) is 3. The van der Waals surface area contributed by atoms with Crippen molar-refractivity contribution in [3.8, 4) is 0 Å². The molecule has 1 heterocycles. The average molecular weight is 448 g/mol. The Balaban J connectivity index is 1.77. The van der Waals surface area contributed by atoms with E-state index >= 15 is 0 Å². The number of benzene rings is 2. The Morgan fingerprint density at radius 3 is 2.15 bits per heavy atom. The van der Waals surface area contributed by atoms with E-state index in [1.165, 1.54) is 22.4 Å². The highest BCUT2D eigenvalue weighted by Gasteiger charge is 2.20. The van der Waals surface area contributed by atoms with Gasteiger partial charge in [-0.3, -0.25) is 18.7 Å². The third-order valence-corrected chi connectivity index (χ3v) is 6.10. The summed E-state index contributed by atoms with van der Waals surface area (Å²) in [4.78, 5) is 38.1. The minimum atomic E-state index is -0.500. The number of hydrogen-bond donors (Lipinski definition) is 1. The van der Waals surface area contributed by atoms with Crippen LogP contribution in [-0.2, 0) is 17.9 Å². The molecule has 2 aromatic carbocycles. The van der Waals surface area contributed by atoms with Crippen LogP contribution < -0.4 is 16.6 Å². The van der Waals surface area contributed by atoms with E-state index in [-0.39, 0.29) is 24.4 Å². The summed E-state index contributed by atoms with van der Waals surface area (Å²) in [6.07, 6.45) is 2.54. The molecular weight excluding hydrogens is 414 g/mol. The van der Waals surface area contributed by atoms with Gasteiger partial charge < -0.3 is 5.32 Å². The van der Waals surface area contributed by atoms with Crippen molar-refractivity contribution in [2.24, 2.45) is 5.92 Å². The Labute approximate surface area is 194 Å². The van der Waals surface area contributed by atoms with Gasteiger partial charge >= 0.3 is 5.69 Å². The number of nitrogens with one attached hydrogen (secondary N) is 1. The van der Waals surface area contributed by atoms with Crippen molar-refractivity contribution in [2.45, 2.75) is 59.2 Å². The predicted molar refractivity (Wildman–Crippen MR) is 131 cm³/mol. The van der Waals surface area contributed by atoms with Crippen molar-refractivity contribution in [1.82, 2.24) is 14.5 Å². The van der Waals surface area contributed by atoms with Gasteiger partial charge in [-0.15, -0.1) is 0 Å². The topological polar surface area (TPSA) is 73.1 Å². The Hall–Kier alpha value is -3.41. The van der Waals surface area contributed by atoms with Crippen LogP contribution in [0.1, 0.15) is 62.8 Å². The fourth-order valence-corrected chi connectivity index (χ4v) is 3.87. The first-order valence-electron chi connectivity index (χ1n) is 11.5. The molecule has 2 atom stereocenters. The van der Waals surface area contributed by atoms with Crippen molar-refractivity contribution in [3.63, 3.8) is 0 Å². The van der Waals surface area contributed by atoms with Crippen LogP contribution >= 0.6 is 0 Å². The molecule has 1 aromatic heterocycles. The number of nitrogens with zero attached hydrogens (tertiary/aromatic N) is 2. The van der Waals surface area contributed by atoms with Gasteiger partial charge in [-0.25, -0.2) is 4.79 Å². The summed E-state index contributed by atoms with van der Waals surface area (Å²) >= 11 is 0. The van der Waals surface area contributed by atoms with Gasteiger partial charge in [0.15, 0.2) is 0 Å². The maximum atomic E-state index is 12.9. The van der Waals surface area contributed by atoms with Crippen LogP contribution in [0.3, 0.4) is 0 Å². The fraction of sp³-hybridized carbons (Fsp3) is 0.370. The minimum absolute atomic E-state index is 0.144. The van der Waals surface area contributed by atoms with Crippen LogP contribution in [-0.4, -0.2) is 15.0 Å². The van der Waals surface area contributed by atoms with E-state index in [1.807, 2.05) is 56.3 Å². The highest BCUT2D eigenvalue weighted by atomic mass is 16.2. The summed E-state index contributed by atoms with van der Waals surface area (Å²) in [5.74, 6) is 0.260. The van der Waals surface area contributed by atoms with E-state index in [0.717, 1.165) is 22.1 Å². The van der Waals surface area contributed by atoms with E-state index in [0.29, 0.717) is 12.5 Å². The second kappa shape index (κ2) is 10.9.